The van der Waals surface area contributed by atoms with E-state index >= 15 is 0 Å². The van der Waals surface area contributed by atoms with Crippen molar-refractivity contribution in [1.82, 2.24) is 9.55 Å². The van der Waals surface area contributed by atoms with E-state index in [4.69, 9.17) is 9.72 Å². The highest BCUT2D eigenvalue weighted by Gasteiger charge is 2.23. The van der Waals surface area contributed by atoms with Gasteiger partial charge in [-0.2, -0.15) is 0 Å². The molecule has 0 bridgehead atoms. The Hall–Kier alpha value is -3.58. The number of anilines is 1. The van der Waals surface area contributed by atoms with Gasteiger partial charge in [0, 0.05) is 0 Å². The second-order valence-corrected chi connectivity index (χ2v) is 8.26. The van der Waals surface area contributed by atoms with E-state index in [0.29, 0.717) is 39.6 Å². The maximum absolute atomic E-state index is 13.4. The molecule has 4 aromatic rings. The molecule has 0 aliphatic rings. The van der Waals surface area contributed by atoms with Gasteiger partial charge in [-0.25, -0.2) is 4.98 Å². The highest BCUT2D eigenvalue weighted by Crippen LogP contribution is 2.29. The molecule has 0 aliphatic carbocycles. The van der Waals surface area contributed by atoms with Crippen LogP contribution in [0.5, 0.6) is 5.75 Å². The van der Waals surface area contributed by atoms with Crippen molar-refractivity contribution in [2.24, 2.45) is 0 Å². The fraction of sp³-hybridized carbons (Fsp3) is 0.160. The van der Waals surface area contributed by atoms with Crippen LogP contribution in [0.2, 0.25) is 0 Å². The summed E-state index contributed by atoms with van der Waals surface area (Å²) in [6.07, 6.45) is 0.559. The minimum Gasteiger partial charge on any atom is -0.495 e. The van der Waals surface area contributed by atoms with E-state index in [-0.39, 0.29) is 11.5 Å². The van der Waals surface area contributed by atoms with Crippen LogP contribution in [-0.4, -0.2) is 27.8 Å². The number of rotatable bonds is 7. The molecule has 1 unspecified atom stereocenters. The molecule has 1 N–H and O–H groups in total. The fourth-order valence-corrected chi connectivity index (χ4v) is 4.44. The van der Waals surface area contributed by atoms with Crippen molar-refractivity contribution in [3.8, 4) is 11.4 Å². The zero-order valence-corrected chi connectivity index (χ0v) is 18.6. The summed E-state index contributed by atoms with van der Waals surface area (Å²) < 4.78 is 6.91. The van der Waals surface area contributed by atoms with Crippen LogP contribution in [0.15, 0.2) is 88.8 Å². The number of amides is 1. The number of carbonyl (C=O) groups is 1. The Balaban J connectivity index is 1.73. The van der Waals surface area contributed by atoms with Crippen LogP contribution in [0, 0.1) is 0 Å². The maximum atomic E-state index is 13.4. The van der Waals surface area contributed by atoms with Crippen molar-refractivity contribution in [1.29, 1.82) is 0 Å². The molecule has 1 amide bonds. The number of nitrogens with zero attached hydrogens (tertiary/aromatic N) is 2. The van der Waals surface area contributed by atoms with E-state index in [1.807, 2.05) is 67.6 Å². The second-order valence-electron chi connectivity index (χ2n) is 7.09. The number of thioether (sulfide) groups is 1. The molecule has 6 nitrogen and oxygen atoms in total. The first kappa shape index (κ1) is 21.6. The van der Waals surface area contributed by atoms with Gasteiger partial charge in [0.15, 0.2) is 5.16 Å². The third-order valence-electron chi connectivity index (χ3n) is 5.04. The lowest BCUT2D eigenvalue weighted by Crippen LogP contribution is -2.27. The number of methoxy groups -OCH3 is 1. The molecule has 0 fully saturated rings. The Kier molecular flexibility index (Phi) is 6.56. The SMILES string of the molecule is CCC(Sc1nc2ccccc2c(=O)n1-c1ccccc1)C(=O)Nc1ccccc1OC. The normalized spacial score (nSPS) is 11.8. The molecule has 7 heteroatoms. The first-order valence-corrected chi connectivity index (χ1v) is 11.2. The van der Waals surface area contributed by atoms with E-state index in [1.165, 1.54) is 11.8 Å². The summed E-state index contributed by atoms with van der Waals surface area (Å²) >= 11 is 1.28. The summed E-state index contributed by atoms with van der Waals surface area (Å²) in [7, 11) is 1.56. The Labute approximate surface area is 190 Å². The number of nitrogens with one attached hydrogen (secondary N) is 1. The van der Waals surface area contributed by atoms with Crippen molar-refractivity contribution in [3.05, 3.63) is 89.2 Å². The van der Waals surface area contributed by atoms with Gasteiger partial charge in [-0.3, -0.25) is 14.2 Å². The summed E-state index contributed by atoms with van der Waals surface area (Å²) in [6.45, 7) is 1.94. The smallest absolute Gasteiger partial charge is 0.266 e. The molecule has 0 aliphatic heterocycles. The van der Waals surface area contributed by atoms with Gasteiger partial charge in [0.25, 0.3) is 5.56 Å². The number of carbonyl (C=O) groups excluding carboxylic acids is 1. The highest BCUT2D eigenvalue weighted by atomic mass is 32.2. The molecule has 3 aromatic carbocycles. The van der Waals surface area contributed by atoms with E-state index in [0.717, 1.165) is 0 Å². The van der Waals surface area contributed by atoms with Crippen molar-refractivity contribution in [2.45, 2.75) is 23.8 Å². The summed E-state index contributed by atoms with van der Waals surface area (Å²) in [4.78, 5) is 31.2. The van der Waals surface area contributed by atoms with Crippen molar-refractivity contribution in [3.63, 3.8) is 0 Å². The van der Waals surface area contributed by atoms with Crippen LogP contribution >= 0.6 is 11.8 Å². The number of benzene rings is 3. The number of ether oxygens (including phenoxy) is 1. The van der Waals surface area contributed by atoms with Gasteiger partial charge in [0.1, 0.15) is 5.75 Å². The molecular formula is C25H23N3O3S. The van der Waals surface area contributed by atoms with Gasteiger partial charge in [0.2, 0.25) is 5.91 Å². The molecule has 32 heavy (non-hydrogen) atoms. The summed E-state index contributed by atoms with van der Waals surface area (Å²) in [5.41, 5.74) is 1.75. The molecule has 1 aromatic heterocycles. The average molecular weight is 446 g/mol. The Morgan fingerprint density at radius 1 is 1.03 bits per heavy atom. The minimum absolute atomic E-state index is 0.163. The molecule has 0 radical (unpaired) electrons. The number of hydrogen-bond donors (Lipinski definition) is 1. The van der Waals surface area contributed by atoms with Crippen LogP contribution < -0.4 is 15.6 Å². The number of aromatic nitrogens is 2. The molecule has 4 rings (SSSR count). The Morgan fingerprint density at radius 3 is 2.47 bits per heavy atom. The molecule has 0 saturated carbocycles. The second kappa shape index (κ2) is 9.70. The summed E-state index contributed by atoms with van der Waals surface area (Å²) in [5.74, 6) is 0.412. The van der Waals surface area contributed by atoms with Gasteiger partial charge in [-0.05, 0) is 42.8 Å². The Bertz CT molecular complexity index is 1300. The zero-order chi connectivity index (χ0) is 22.5. The first-order chi connectivity index (χ1) is 15.6. The quantitative estimate of drug-likeness (QED) is 0.323. The topological polar surface area (TPSA) is 73.2 Å². The van der Waals surface area contributed by atoms with Gasteiger partial charge >= 0.3 is 0 Å². The highest BCUT2D eigenvalue weighted by molar-refractivity contribution is 8.00. The third-order valence-corrected chi connectivity index (χ3v) is 6.35. The molecule has 162 valence electrons. The lowest BCUT2D eigenvalue weighted by Gasteiger charge is -2.18. The number of para-hydroxylation sites is 4. The van der Waals surface area contributed by atoms with Crippen LogP contribution in [0.4, 0.5) is 5.69 Å². The van der Waals surface area contributed by atoms with E-state index in [2.05, 4.69) is 5.32 Å². The van der Waals surface area contributed by atoms with E-state index in [9.17, 15) is 9.59 Å². The van der Waals surface area contributed by atoms with Crippen LogP contribution in [-0.2, 0) is 4.79 Å². The fourth-order valence-electron chi connectivity index (χ4n) is 3.41. The van der Waals surface area contributed by atoms with Crippen LogP contribution in [0.1, 0.15) is 13.3 Å². The Morgan fingerprint density at radius 2 is 1.72 bits per heavy atom. The van der Waals surface area contributed by atoms with Gasteiger partial charge < -0.3 is 10.1 Å². The van der Waals surface area contributed by atoms with Crippen molar-refractivity contribution < 1.29 is 9.53 Å². The predicted molar refractivity (Wildman–Crippen MR) is 129 cm³/mol. The molecule has 1 heterocycles. The van der Waals surface area contributed by atoms with Crippen LogP contribution in [0.3, 0.4) is 0 Å². The molecular weight excluding hydrogens is 422 g/mol. The van der Waals surface area contributed by atoms with Gasteiger partial charge in [-0.1, -0.05) is 61.2 Å². The zero-order valence-electron chi connectivity index (χ0n) is 17.8. The lowest BCUT2D eigenvalue weighted by molar-refractivity contribution is -0.115. The number of hydrogen-bond acceptors (Lipinski definition) is 5. The summed E-state index contributed by atoms with van der Waals surface area (Å²) in [5, 5.41) is 3.50. The summed E-state index contributed by atoms with van der Waals surface area (Å²) in [6, 6.07) is 23.9. The maximum Gasteiger partial charge on any atom is 0.266 e. The van der Waals surface area contributed by atoms with Gasteiger partial charge in [0.05, 0.1) is 34.6 Å². The van der Waals surface area contributed by atoms with E-state index < -0.39 is 5.25 Å². The monoisotopic (exact) mass is 445 g/mol. The lowest BCUT2D eigenvalue weighted by atomic mass is 10.2. The predicted octanol–water partition coefficient (Wildman–Crippen LogP) is 4.90. The third kappa shape index (κ3) is 4.38. The van der Waals surface area contributed by atoms with Crippen molar-refractivity contribution >= 4 is 34.3 Å². The molecule has 1 atom stereocenters. The molecule has 0 saturated heterocycles. The van der Waals surface area contributed by atoms with Crippen molar-refractivity contribution in [2.75, 3.05) is 12.4 Å². The average Bonchev–Trinajstić information content (AvgIpc) is 2.83. The first-order valence-electron chi connectivity index (χ1n) is 10.3. The largest absolute Gasteiger partial charge is 0.495 e. The van der Waals surface area contributed by atoms with E-state index in [1.54, 1.807) is 29.9 Å². The molecule has 0 spiro atoms. The minimum atomic E-state index is -0.456. The van der Waals surface area contributed by atoms with Gasteiger partial charge in [-0.15, -0.1) is 0 Å². The van der Waals surface area contributed by atoms with Crippen LogP contribution in [0.25, 0.3) is 16.6 Å². The standard InChI is InChI=1S/C25H23N3O3S/c1-3-22(23(29)26-20-15-9-10-16-21(20)31-2)32-25-27-19-14-8-7-13-18(19)24(30)28(25)17-11-5-4-6-12-17/h4-16,22H,3H2,1-2H3,(H,26,29). The number of fused-ring (bicyclic) bond motifs is 1.